The molecular weight excluding hydrogens is 182 g/mol. The van der Waals surface area contributed by atoms with E-state index < -0.39 is 0 Å². The minimum atomic E-state index is -0.222. The van der Waals surface area contributed by atoms with Gasteiger partial charge in [-0.05, 0) is 20.3 Å². The number of carbonyl (C=O) groups excluding carboxylic acids is 2. The Morgan fingerprint density at radius 2 is 2.36 bits per heavy atom. The van der Waals surface area contributed by atoms with E-state index in [1.807, 2.05) is 6.92 Å². The summed E-state index contributed by atoms with van der Waals surface area (Å²) in [6.07, 6.45) is 1.83. The zero-order valence-corrected chi connectivity index (χ0v) is 8.78. The molecule has 0 unspecified atom stereocenters. The number of hydrogen-bond donors (Lipinski definition) is 0. The number of rotatable bonds is 4. The molecule has 0 radical (unpaired) electrons. The van der Waals surface area contributed by atoms with E-state index >= 15 is 0 Å². The molecule has 1 heterocycles. The molecule has 0 aromatic carbocycles. The van der Waals surface area contributed by atoms with Crippen LogP contribution < -0.4 is 0 Å². The predicted molar refractivity (Wildman–Crippen MR) is 51.7 cm³/mol. The standard InChI is InChI=1S/C10H17NO3/c1-3-14-10(13)7-8(2)11-6-4-5-9(11)12/h8H,3-7H2,1-2H3/t8-/m0/s1. The highest BCUT2D eigenvalue weighted by molar-refractivity contribution is 5.79. The second-order valence-electron chi connectivity index (χ2n) is 3.55. The van der Waals surface area contributed by atoms with Gasteiger partial charge in [-0.2, -0.15) is 0 Å². The van der Waals surface area contributed by atoms with Crippen LogP contribution in [0.1, 0.15) is 33.1 Å². The Hall–Kier alpha value is -1.06. The molecule has 0 aromatic rings. The summed E-state index contributed by atoms with van der Waals surface area (Å²) in [5.41, 5.74) is 0. The number of carbonyl (C=O) groups is 2. The topological polar surface area (TPSA) is 46.6 Å². The van der Waals surface area contributed by atoms with Gasteiger partial charge in [0.15, 0.2) is 0 Å². The van der Waals surface area contributed by atoms with Gasteiger partial charge in [-0.25, -0.2) is 0 Å². The number of esters is 1. The summed E-state index contributed by atoms with van der Waals surface area (Å²) in [6.45, 7) is 4.85. The summed E-state index contributed by atoms with van der Waals surface area (Å²) in [5, 5.41) is 0. The molecule has 1 aliphatic rings. The summed E-state index contributed by atoms with van der Waals surface area (Å²) < 4.78 is 4.83. The molecule has 4 nitrogen and oxygen atoms in total. The highest BCUT2D eigenvalue weighted by atomic mass is 16.5. The maximum atomic E-state index is 11.3. The number of ether oxygens (including phenoxy) is 1. The summed E-state index contributed by atoms with van der Waals surface area (Å²) in [6, 6.07) is -0.0240. The van der Waals surface area contributed by atoms with E-state index in [1.54, 1.807) is 11.8 Å². The van der Waals surface area contributed by atoms with E-state index in [0.29, 0.717) is 19.4 Å². The Kier molecular flexibility index (Phi) is 3.92. The Bertz CT molecular complexity index is 227. The molecule has 1 rings (SSSR count). The molecular formula is C10H17NO3. The van der Waals surface area contributed by atoms with Crippen LogP contribution in [0.3, 0.4) is 0 Å². The minimum absolute atomic E-state index is 0.0240. The minimum Gasteiger partial charge on any atom is -0.466 e. The van der Waals surface area contributed by atoms with Gasteiger partial charge in [-0.1, -0.05) is 0 Å². The Balaban J connectivity index is 2.37. The summed E-state index contributed by atoms with van der Waals surface area (Å²) in [7, 11) is 0. The first kappa shape index (κ1) is 11.0. The van der Waals surface area contributed by atoms with Gasteiger partial charge in [-0.15, -0.1) is 0 Å². The average molecular weight is 199 g/mol. The fourth-order valence-electron chi connectivity index (χ4n) is 1.71. The summed E-state index contributed by atoms with van der Waals surface area (Å²) in [4.78, 5) is 24.2. The van der Waals surface area contributed by atoms with E-state index in [0.717, 1.165) is 13.0 Å². The lowest BCUT2D eigenvalue weighted by Gasteiger charge is -2.23. The zero-order chi connectivity index (χ0) is 10.6. The third-order valence-electron chi connectivity index (χ3n) is 2.41. The molecule has 1 saturated heterocycles. The van der Waals surface area contributed by atoms with Crippen molar-refractivity contribution in [3.8, 4) is 0 Å². The van der Waals surface area contributed by atoms with Crippen LogP contribution in [0, 0.1) is 0 Å². The van der Waals surface area contributed by atoms with Crippen LogP contribution >= 0.6 is 0 Å². The van der Waals surface area contributed by atoms with Gasteiger partial charge in [-0.3, -0.25) is 9.59 Å². The smallest absolute Gasteiger partial charge is 0.307 e. The van der Waals surface area contributed by atoms with Gasteiger partial charge in [0.2, 0.25) is 5.91 Å². The Morgan fingerprint density at radius 3 is 2.86 bits per heavy atom. The molecule has 0 saturated carbocycles. The molecule has 0 bridgehead atoms. The highest BCUT2D eigenvalue weighted by Crippen LogP contribution is 2.15. The number of amides is 1. The van der Waals surface area contributed by atoms with Crippen molar-refractivity contribution in [3.05, 3.63) is 0 Å². The van der Waals surface area contributed by atoms with Gasteiger partial charge in [0.05, 0.1) is 13.0 Å². The highest BCUT2D eigenvalue weighted by Gasteiger charge is 2.26. The van der Waals surface area contributed by atoms with E-state index in [9.17, 15) is 9.59 Å². The van der Waals surface area contributed by atoms with Gasteiger partial charge in [0, 0.05) is 19.0 Å². The molecule has 1 atom stereocenters. The maximum absolute atomic E-state index is 11.3. The zero-order valence-electron chi connectivity index (χ0n) is 8.78. The molecule has 0 N–H and O–H groups in total. The largest absolute Gasteiger partial charge is 0.466 e. The van der Waals surface area contributed by atoms with Crippen LogP contribution in [0.25, 0.3) is 0 Å². The second kappa shape index (κ2) is 4.98. The third-order valence-corrected chi connectivity index (χ3v) is 2.41. The molecule has 80 valence electrons. The molecule has 4 heteroatoms. The van der Waals surface area contributed by atoms with Gasteiger partial charge in [0.1, 0.15) is 0 Å². The molecule has 0 spiro atoms. The van der Waals surface area contributed by atoms with Crippen molar-refractivity contribution in [1.82, 2.24) is 4.90 Å². The normalized spacial score (nSPS) is 18.4. The Morgan fingerprint density at radius 1 is 1.64 bits per heavy atom. The van der Waals surface area contributed by atoms with Crippen molar-refractivity contribution < 1.29 is 14.3 Å². The van der Waals surface area contributed by atoms with E-state index in [1.165, 1.54) is 0 Å². The number of likely N-dealkylation sites (tertiary alicyclic amines) is 1. The number of nitrogens with zero attached hydrogens (tertiary/aromatic N) is 1. The first-order valence-corrected chi connectivity index (χ1v) is 5.10. The lowest BCUT2D eigenvalue weighted by atomic mass is 10.2. The average Bonchev–Trinajstić information content (AvgIpc) is 2.51. The van der Waals surface area contributed by atoms with Crippen molar-refractivity contribution in [2.24, 2.45) is 0 Å². The summed E-state index contributed by atoms with van der Waals surface area (Å²) in [5.74, 6) is -0.0681. The van der Waals surface area contributed by atoms with E-state index in [4.69, 9.17) is 4.74 Å². The molecule has 1 aliphatic heterocycles. The molecule has 1 fully saturated rings. The van der Waals surface area contributed by atoms with Gasteiger partial charge in [0.25, 0.3) is 0 Å². The quantitative estimate of drug-likeness (QED) is 0.633. The SMILES string of the molecule is CCOC(=O)C[C@H](C)N1CCCC1=O. The van der Waals surface area contributed by atoms with Crippen LogP contribution in [0.2, 0.25) is 0 Å². The van der Waals surface area contributed by atoms with Crippen LogP contribution in [0.4, 0.5) is 0 Å². The van der Waals surface area contributed by atoms with E-state index in [2.05, 4.69) is 0 Å². The molecule has 14 heavy (non-hydrogen) atoms. The maximum Gasteiger partial charge on any atom is 0.307 e. The van der Waals surface area contributed by atoms with Gasteiger partial charge >= 0.3 is 5.97 Å². The van der Waals surface area contributed by atoms with E-state index in [-0.39, 0.29) is 17.9 Å². The van der Waals surface area contributed by atoms with Crippen molar-refractivity contribution in [3.63, 3.8) is 0 Å². The second-order valence-corrected chi connectivity index (χ2v) is 3.55. The lowest BCUT2D eigenvalue weighted by molar-refractivity contribution is -0.145. The van der Waals surface area contributed by atoms with Crippen LogP contribution in [-0.4, -0.2) is 36.0 Å². The first-order valence-electron chi connectivity index (χ1n) is 5.10. The van der Waals surface area contributed by atoms with Crippen LogP contribution in [-0.2, 0) is 14.3 Å². The Labute approximate surface area is 84.2 Å². The van der Waals surface area contributed by atoms with Crippen molar-refractivity contribution in [2.45, 2.75) is 39.2 Å². The third kappa shape index (κ3) is 2.72. The molecule has 0 aromatic heterocycles. The fraction of sp³-hybridized carbons (Fsp3) is 0.800. The van der Waals surface area contributed by atoms with Gasteiger partial charge < -0.3 is 9.64 Å². The van der Waals surface area contributed by atoms with Crippen LogP contribution in [0.15, 0.2) is 0 Å². The lowest BCUT2D eigenvalue weighted by Crippen LogP contribution is -2.35. The van der Waals surface area contributed by atoms with Crippen LogP contribution in [0.5, 0.6) is 0 Å². The summed E-state index contributed by atoms with van der Waals surface area (Å²) >= 11 is 0. The van der Waals surface area contributed by atoms with Crippen molar-refractivity contribution in [2.75, 3.05) is 13.2 Å². The van der Waals surface area contributed by atoms with Crippen molar-refractivity contribution >= 4 is 11.9 Å². The monoisotopic (exact) mass is 199 g/mol. The predicted octanol–water partition coefficient (Wildman–Crippen LogP) is 0.951. The molecule has 1 amide bonds. The fourth-order valence-corrected chi connectivity index (χ4v) is 1.71. The molecule has 0 aliphatic carbocycles. The number of hydrogen-bond acceptors (Lipinski definition) is 3. The first-order chi connectivity index (χ1) is 6.65. The van der Waals surface area contributed by atoms with Crippen molar-refractivity contribution in [1.29, 1.82) is 0 Å².